The molecule has 1 saturated heterocycles. The first-order chi connectivity index (χ1) is 9.70. The Kier molecular flexibility index (Phi) is 3.79. The number of carbonyl (C=O) groups is 1. The van der Waals surface area contributed by atoms with E-state index in [1.54, 1.807) is 0 Å². The predicted molar refractivity (Wildman–Crippen MR) is 80.2 cm³/mol. The molecule has 0 aromatic heterocycles. The van der Waals surface area contributed by atoms with Crippen molar-refractivity contribution in [2.45, 2.75) is 38.1 Å². The molecular weight excluding hydrogens is 248 g/mol. The molecule has 3 nitrogen and oxygen atoms in total. The van der Waals surface area contributed by atoms with Gasteiger partial charge in [0.05, 0.1) is 0 Å². The van der Waals surface area contributed by atoms with Crippen LogP contribution in [0.2, 0.25) is 0 Å². The van der Waals surface area contributed by atoms with Crippen LogP contribution >= 0.6 is 0 Å². The maximum Gasteiger partial charge on any atom is 0.226 e. The van der Waals surface area contributed by atoms with Crippen molar-refractivity contribution < 1.29 is 4.79 Å². The second-order valence-electron chi connectivity index (χ2n) is 6.38. The third-order valence-electron chi connectivity index (χ3n) is 4.93. The molecule has 1 aliphatic heterocycles. The number of piperidine rings is 1. The zero-order chi connectivity index (χ0) is 14.1. The van der Waals surface area contributed by atoms with Gasteiger partial charge in [-0.3, -0.25) is 4.79 Å². The lowest BCUT2D eigenvalue weighted by Crippen LogP contribution is -2.47. The average Bonchev–Trinajstić information content (AvgIpc) is 3.28. The Labute approximate surface area is 121 Å². The molecule has 108 valence electrons. The number of rotatable bonds is 3. The highest BCUT2D eigenvalue weighted by atomic mass is 16.2. The minimum atomic E-state index is 0.205. The molecule has 0 radical (unpaired) electrons. The maximum atomic E-state index is 12.7. The molecule has 1 aliphatic carbocycles. The van der Waals surface area contributed by atoms with Crippen molar-refractivity contribution in [1.82, 2.24) is 4.90 Å². The number of likely N-dealkylation sites (tertiary alicyclic amines) is 1. The quantitative estimate of drug-likeness (QED) is 0.918. The second kappa shape index (κ2) is 5.57. The van der Waals surface area contributed by atoms with E-state index in [2.05, 4.69) is 36.1 Å². The average molecular weight is 272 g/mol. The van der Waals surface area contributed by atoms with E-state index in [4.69, 9.17) is 5.73 Å². The van der Waals surface area contributed by atoms with E-state index in [0.717, 1.165) is 25.8 Å². The minimum absolute atomic E-state index is 0.205. The summed E-state index contributed by atoms with van der Waals surface area (Å²) in [7, 11) is 0. The number of nitrogens with zero attached hydrogens (tertiary/aromatic N) is 1. The first kappa shape index (κ1) is 13.6. The minimum Gasteiger partial charge on any atom is -0.339 e. The molecule has 1 aromatic carbocycles. The summed E-state index contributed by atoms with van der Waals surface area (Å²) in [6, 6.07) is 10.8. The van der Waals surface area contributed by atoms with Crippen LogP contribution in [0.3, 0.4) is 0 Å². The Morgan fingerprint density at radius 2 is 2.05 bits per heavy atom. The summed E-state index contributed by atoms with van der Waals surface area (Å²) in [6.07, 6.45) is 3.27. The van der Waals surface area contributed by atoms with Gasteiger partial charge in [0.2, 0.25) is 5.91 Å². The number of amides is 1. The Bertz CT molecular complexity index is 473. The van der Waals surface area contributed by atoms with Crippen molar-refractivity contribution >= 4 is 5.91 Å². The molecule has 1 aromatic rings. The van der Waals surface area contributed by atoms with Crippen molar-refractivity contribution in [2.24, 2.45) is 17.6 Å². The zero-order valence-corrected chi connectivity index (χ0v) is 12.2. The summed E-state index contributed by atoms with van der Waals surface area (Å²) in [5.74, 6) is 1.49. The van der Waals surface area contributed by atoms with Gasteiger partial charge in [0, 0.05) is 18.5 Å². The molecule has 1 saturated carbocycles. The van der Waals surface area contributed by atoms with Crippen LogP contribution in [0, 0.1) is 11.8 Å². The van der Waals surface area contributed by atoms with Gasteiger partial charge >= 0.3 is 0 Å². The Morgan fingerprint density at radius 3 is 2.75 bits per heavy atom. The number of hydrogen-bond acceptors (Lipinski definition) is 2. The molecule has 3 rings (SSSR count). The molecule has 2 N–H and O–H groups in total. The highest BCUT2D eigenvalue weighted by molar-refractivity contribution is 5.83. The normalized spacial score (nSPS) is 33.0. The molecule has 4 unspecified atom stereocenters. The molecule has 20 heavy (non-hydrogen) atoms. The van der Waals surface area contributed by atoms with Crippen molar-refractivity contribution in [1.29, 1.82) is 0 Å². The van der Waals surface area contributed by atoms with Crippen LogP contribution in [-0.4, -0.2) is 29.9 Å². The Balaban J connectivity index is 1.65. The van der Waals surface area contributed by atoms with Gasteiger partial charge in [0.25, 0.3) is 0 Å². The third-order valence-corrected chi connectivity index (χ3v) is 4.93. The van der Waals surface area contributed by atoms with E-state index in [0.29, 0.717) is 30.3 Å². The molecular formula is C17H24N2O. The first-order valence-electron chi connectivity index (χ1n) is 7.76. The van der Waals surface area contributed by atoms with Gasteiger partial charge in [-0.05, 0) is 50.1 Å². The van der Waals surface area contributed by atoms with Crippen LogP contribution in [0.4, 0.5) is 0 Å². The number of nitrogens with two attached hydrogens (primary N) is 1. The highest BCUT2D eigenvalue weighted by Crippen LogP contribution is 2.49. The first-order valence-corrected chi connectivity index (χ1v) is 7.76. The van der Waals surface area contributed by atoms with E-state index >= 15 is 0 Å². The second-order valence-corrected chi connectivity index (χ2v) is 6.38. The van der Waals surface area contributed by atoms with Gasteiger partial charge in [-0.1, -0.05) is 30.3 Å². The van der Waals surface area contributed by atoms with E-state index in [9.17, 15) is 4.79 Å². The van der Waals surface area contributed by atoms with Crippen LogP contribution in [0.15, 0.2) is 30.3 Å². The molecule has 2 aliphatic rings. The van der Waals surface area contributed by atoms with Crippen LogP contribution in [-0.2, 0) is 4.79 Å². The van der Waals surface area contributed by atoms with Gasteiger partial charge in [0.15, 0.2) is 0 Å². The van der Waals surface area contributed by atoms with Gasteiger partial charge in [-0.15, -0.1) is 0 Å². The summed E-state index contributed by atoms with van der Waals surface area (Å²) in [6.45, 7) is 3.72. The lowest BCUT2D eigenvalue weighted by molar-refractivity contribution is -0.137. The third kappa shape index (κ3) is 2.59. The van der Waals surface area contributed by atoms with Crippen LogP contribution in [0.25, 0.3) is 0 Å². The SMILES string of the molecule is CC1CCC(CN)CN1C(=O)C1CC1c1ccccc1. The van der Waals surface area contributed by atoms with Crippen LogP contribution in [0.1, 0.15) is 37.7 Å². The molecule has 0 bridgehead atoms. The fourth-order valence-electron chi connectivity index (χ4n) is 3.43. The Morgan fingerprint density at radius 1 is 1.30 bits per heavy atom. The lowest BCUT2D eigenvalue weighted by Gasteiger charge is -2.38. The number of hydrogen-bond donors (Lipinski definition) is 1. The largest absolute Gasteiger partial charge is 0.339 e. The monoisotopic (exact) mass is 272 g/mol. The standard InChI is InChI=1S/C17H24N2O/c1-12-7-8-13(10-18)11-19(12)17(20)16-9-15(16)14-5-3-2-4-6-14/h2-6,12-13,15-16H,7-11,18H2,1H3. The molecule has 1 amide bonds. The molecule has 1 heterocycles. The van der Waals surface area contributed by atoms with Gasteiger partial charge in [-0.25, -0.2) is 0 Å². The fourth-order valence-corrected chi connectivity index (χ4v) is 3.43. The number of carbonyl (C=O) groups excluding carboxylic acids is 1. The van der Waals surface area contributed by atoms with Crippen molar-refractivity contribution in [2.75, 3.05) is 13.1 Å². The zero-order valence-electron chi connectivity index (χ0n) is 12.2. The topological polar surface area (TPSA) is 46.3 Å². The number of benzene rings is 1. The maximum absolute atomic E-state index is 12.7. The highest BCUT2D eigenvalue weighted by Gasteiger charge is 2.47. The summed E-state index contributed by atoms with van der Waals surface area (Å²) >= 11 is 0. The van der Waals surface area contributed by atoms with E-state index < -0.39 is 0 Å². The van der Waals surface area contributed by atoms with Gasteiger partial charge < -0.3 is 10.6 Å². The summed E-state index contributed by atoms with van der Waals surface area (Å²) in [4.78, 5) is 14.8. The molecule has 2 fully saturated rings. The van der Waals surface area contributed by atoms with E-state index in [1.807, 2.05) is 6.07 Å². The summed E-state index contributed by atoms with van der Waals surface area (Å²) in [5.41, 5.74) is 7.09. The van der Waals surface area contributed by atoms with E-state index in [1.165, 1.54) is 5.56 Å². The summed E-state index contributed by atoms with van der Waals surface area (Å²) in [5, 5.41) is 0. The van der Waals surface area contributed by atoms with Gasteiger partial charge in [0.1, 0.15) is 0 Å². The van der Waals surface area contributed by atoms with Crippen molar-refractivity contribution in [3.8, 4) is 0 Å². The van der Waals surface area contributed by atoms with E-state index in [-0.39, 0.29) is 5.92 Å². The van der Waals surface area contributed by atoms with Crippen LogP contribution < -0.4 is 5.73 Å². The predicted octanol–water partition coefficient (Wildman–Crippen LogP) is 2.38. The summed E-state index contributed by atoms with van der Waals surface area (Å²) < 4.78 is 0. The van der Waals surface area contributed by atoms with Crippen molar-refractivity contribution in [3.05, 3.63) is 35.9 Å². The lowest BCUT2D eigenvalue weighted by atomic mass is 9.93. The smallest absolute Gasteiger partial charge is 0.226 e. The molecule has 0 spiro atoms. The van der Waals surface area contributed by atoms with Crippen molar-refractivity contribution in [3.63, 3.8) is 0 Å². The van der Waals surface area contributed by atoms with Gasteiger partial charge in [-0.2, -0.15) is 0 Å². The Hall–Kier alpha value is -1.35. The molecule has 4 atom stereocenters. The van der Waals surface area contributed by atoms with Crippen LogP contribution in [0.5, 0.6) is 0 Å². The fraction of sp³-hybridized carbons (Fsp3) is 0.588. The molecule has 3 heteroatoms.